The molecule has 4 aromatic rings. The van der Waals surface area contributed by atoms with Crippen LogP contribution in [-0.2, 0) is 5.41 Å². The number of nitrogens with zero attached hydrogens (tertiary/aromatic N) is 2. The second kappa shape index (κ2) is 7.97. The van der Waals surface area contributed by atoms with Crippen molar-refractivity contribution in [1.82, 2.24) is 0 Å². The Labute approximate surface area is 195 Å². The lowest BCUT2D eigenvalue weighted by molar-refractivity contribution is 0.731. The van der Waals surface area contributed by atoms with Crippen molar-refractivity contribution in [2.45, 2.75) is 5.41 Å². The minimum absolute atomic E-state index is 0.127. The van der Waals surface area contributed by atoms with Crippen molar-refractivity contribution in [2.75, 3.05) is 0 Å². The number of hydrogen-bond donors (Lipinski definition) is 0. The van der Waals surface area contributed by atoms with Gasteiger partial charge in [0.05, 0.1) is 5.41 Å². The lowest BCUT2D eigenvalue weighted by Crippen LogP contribution is -2.36. The molecule has 2 nitrogen and oxygen atoms in total. The minimum Gasteiger partial charge on any atom is -0.192 e. The quantitative estimate of drug-likeness (QED) is 0.259. The van der Waals surface area contributed by atoms with Crippen molar-refractivity contribution >= 4 is 21.5 Å². The summed E-state index contributed by atoms with van der Waals surface area (Å²) < 4.78 is 1.01. The fourth-order valence-corrected chi connectivity index (χ4v) is 5.19. The first kappa shape index (κ1) is 20.0. The zero-order chi connectivity index (χ0) is 22.1. The van der Waals surface area contributed by atoms with E-state index in [1.54, 1.807) is 0 Å². The monoisotopic (exact) mass is 472 g/mol. The van der Waals surface area contributed by atoms with Crippen molar-refractivity contribution in [3.8, 4) is 12.1 Å². The van der Waals surface area contributed by atoms with Gasteiger partial charge in [-0.1, -0.05) is 107 Å². The van der Waals surface area contributed by atoms with Gasteiger partial charge in [0, 0.05) is 10.0 Å². The smallest absolute Gasteiger partial charge is 0.138 e. The lowest BCUT2D eigenvalue weighted by atomic mass is 9.58. The molecule has 0 aliphatic heterocycles. The molecule has 32 heavy (non-hydrogen) atoms. The summed E-state index contributed by atoms with van der Waals surface area (Å²) >= 11 is 3.57. The number of rotatable bonds is 2. The van der Waals surface area contributed by atoms with Crippen LogP contribution in [0.1, 0.15) is 33.4 Å². The van der Waals surface area contributed by atoms with Crippen molar-refractivity contribution < 1.29 is 0 Å². The fourth-order valence-electron chi connectivity index (χ4n) is 4.93. The molecule has 3 heteroatoms. The molecule has 0 atom stereocenters. The van der Waals surface area contributed by atoms with Gasteiger partial charge in [-0.3, -0.25) is 0 Å². The van der Waals surface area contributed by atoms with E-state index in [1.165, 1.54) is 0 Å². The van der Waals surface area contributed by atoms with Crippen LogP contribution in [0.2, 0.25) is 0 Å². The Morgan fingerprint density at radius 2 is 1.06 bits per heavy atom. The molecule has 0 saturated carbocycles. The second-order valence-electron chi connectivity index (χ2n) is 7.69. The highest BCUT2D eigenvalue weighted by Crippen LogP contribution is 2.54. The van der Waals surface area contributed by atoms with Gasteiger partial charge in [-0.2, -0.15) is 10.5 Å². The normalized spacial score (nSPS) is 16.3. The molecule has 0 amide bonds. The van der Waals surface area contributed by atoms with E-state index >= 15 is 0 Å². The summed E-state index contributed by atoms with van der Waals surface area (Å²) in [4.78, 5) is 0. The van der Waals surface area contributed by atoms with Gasteiger partial charge in [-0.25, -0.2) is 0 Å². The Kier molecular flexibility index (Phi) is 4.98. The van der Waals surface area contributed by atoms with Gasteiger partial charge >= 0.3 is 0 Å². The van der Waals surface area contributed by atoms with E-state index in [4.69, 9.17) is 0 Å². The summed E-state index contributed by atoms with van der Waals surface area (Å²) in [7, 11) is 0. The number of nitriles is 2. The van der Waals surface area contributed by atoms with Gasteiger partial charge in [-0.15, -0.1) is 0 Å². The van der Waals surface area contributed by atoms with Crippen molar-refractivity contribution in [2.24, 2.45) is 0 Å². The molecule has 0 unspecified atom stereocenters. The first-order chi connectivity index (χ1) is 15.7. The SMILES string of the molecule is N#CC(C#N)=C1c2ccccc2C(c2ccccc2)(c2ccc(Br)cc2)c2ccccc21. The molecule has 0 aromatic heterocycles. The summed E-state index contributed by atoms with van der Waals surface area (Å²) in [5.41, 5.74) is 6.45. The first-order valence-electron chi connectivity index (χ1n) is 10.3. The first-order valence-corrected chi connectivity index (χ1v) is 11.1. The van der Waals surface area contributed by atoms with Crippen LogP contribution < -0.4 is 0 Å². The van der Waals surface area contributed by atoms with Crippen LogP contribution in [0.4, 0.5) is 0 Å². The Bertz CT molecular complexity index is 1370. The number of halogens is 1. The average molecular weight is 473 g/mol. The number of hydrogen-bond acceptors (Lipinski definition) is 2. The van der Waals surface area contributed by atoms with Crippen LogP contribution in [0.3, 0.4) is 0 Å². The van der Waals surface area contributed by atoms with E-state index in [2.05, 4.69) is 88.7 Å². The third-order valence-electron chi connectivity index (χ3n) is 6.16. The van der Waals surface area contributed by atoms with E-state index in [0.29, 0.717) is 5.57 Å². The summed E-state index contributed by atoms with van der Waals surface area (Å²) in [6.07, 6.45) is 0. The molecule has 0 N–H and O–H groups in total. The van der Waals surface area contributed by atoms with E-state index in [1.807, 2.05) is 42.5 Å². The molecule has 0 fully saturated rings. The topological polar surface area (TPSA) is 47.6 Å². The number of fused-ring (bicyclic) bond motifs is 2. The molecule has 0 radical (unpaired) electrons. The van der Waals surface area contributed by atoms with Crippen LogP contribution in [0.15, 0.2) is 113 Å². The molecular weight excluding hydrogens is 456 g/mol. The Morgan fingerprint density at radius 3 is 1.59 bits per heavy atom. The van der Waals surface area contributed by atoms with Crippen LogP contribution in [-0.4, -0.2) is 0 Å². The maximum Gasteiger partial charge on any atom is 0.138 e. The molecule has 0 bridgehead atoms. The van der Waals surface area contributed by atoms with Crippen molar-refractivity contribution in [1.29, 1.82) is 10.5 Å². The predicted octanol–water partition coefficient (Wildman–Crippen LogP) is 6.99. The fraction of sp³-hybridized carbons (Fsp3) is 0.0345. The highest BCUT2D eigenvalue weighted by Gasteiger charge is 2.45. The van der Waals surface area contributed by atoms with Crippen LogP contribution in [0.5, 0.6) is 0 Å². The lowest BCUT2D eigenvalue weighted by Gasteiger charge is -2.43. The van der Waals surface area contributed by atoms with Crippen molar-refractivity contribution in [3.05, 3.63) is 147 Å². The summed E-state index contributed by atoms with van der Waals surface area (Å²) in [6.45, 7) is 0. The third kappa shape index (κ3) is 2.83. The van der Waals surface area contributed by atoms with Gasteiger partial charge in [0.15, 0.2) is 0 Å². The van der Waals surface area contributed by atoms with Crippen LogP contribution in [0, 0.1) is 22.7 Å². The van der Waals surface area contributed by atoms with Gasteiger partial charge in [-0.05, 0) is 45.5 Å². The molecule has 1 aliphatic carbocycles. The zero-order valence-corrected chi connectivity index (χ0v) is 18.7. The third-order valence-corrected chi connectivity index (χ3v) is 6.69. The van der Waals surface area contributed by atoms with Crippen molar-refractivity contribution in [3.63, 3.8) is 0 Å². The second-order valence-corrected chi connectivity index (χ2v) is 8.60. The molecular formula is C29H17BrN2. The Hall–Kier alpha value is -3.92. The van der Waals surface area contributed by atoms with E-state index in [0.717, 1.165) is 37.9 Å². The molecule has 4 aromatic carbocycles. The Balaban J connectivity index is 2.03. The molecule has 0 saturated heterocycles. The standard InChI is InChI=1S/C29H17BrN2/c30-23-16-14-22(15-17-23)29(21-8-2-1-3-9-21)26-12-6-4-10-24(26)28(20(18-31)19-32)25-11-5-7-13-27(25)29/h1-17H. The summed E-state index contributed by atoms with van der Waals surface area (Å²) in [6, 6.07) is 39.4. The van der Waals surface area contributed by atoms with E-state index in [-0.39, 0.29) is 5.57 Å². The van der Waals surface area contributed by atoms with Crippen LogP contribution >= 0.6 is 15.9 Å². The molecule has 0 spiro atoms. The summed E-state index contributed by atoms with van der Waals surface area (Å²) in [5, 5.41) is 19.6. The maximum absolute atomic E-state index is 9.79. The molecule has 1 aliphatic rings. The zero-order valence-electron chi connectivity index (χ0n) is 17.1. The molecule has 5 rings (SSSR count). The number of benzene rings is 4. The largest absolute Gasteiger partial charge is 0.192 e. The summed E-state index contributed by atoms with van der Waals surface area (Å²) in [5.74, 6) is 0. The van der Waals surface area contributed by atoms with Gasteiger partial charge < -0.3 is 0 Å². The highest BCUT2D eigenvalue weighted by molar-refractivity contribution is 9.10. The van der Waals surface area contributed by atoms with Gasteiger partial charge in [0.1, 0.15) is 17.7 Å². The highest BCUT2D eigenvalue weighted by atomic mass is 79.9. The van der Waals surface area contributed by atoms with Gasteiger partial charge in [0.25, 0.3) is 0 Å². The molecule has 150 valence electrons. The predicted molar refractivity (Wildman–Crippen MR) is 130 cm³/mol. The minimum atomic E-state index is -0.589. The Morgan fingerprint density at radius 1 is 0.594 bits per heavy atom. The van der Waals surface area contributed by atoms with Crippen LogP contribution in [0.25, 0.3) is 5.57 Å². The van der Waals surface area contributed by atoms with Gasteiger partial charge in [0.2, 0.25) is 0 Å². The number of allylic oxidation sites excluding steroid dienone is 1. The van der Waals surface area contributed by atoms with E-state index in [9.17, 15) is 10.5 Å². The average Bonchev–Trinajstić information content (AvgIpc) is 2.86. The molecule has 0 heterocycles. The van der Waals surface area contributed by atoms with E-state index < -0.39 is 5.41 Å². The maximum atomic E-state index is 9.79.